The van der Waals surface area contributed by atoms with Gasteiger partial charge in [-0.1, -0.05) is 11.2 Å². The molecule has 2 aromatic heterocycles. The number of hydrogen-bond donors (Lipinski definition) is 0. The van der Waals surface area contributed by atoms with Gasteiger partial charge < -0.3 is 4.52 Å². The maximum Gasteiger partial charge on any atom is 0.243 e. The monoisotopic (exact) mass is 327 g/mol. The van der Waals surface area contributed by atoms with Gasteiger partial charge in [0.25, 0.3) is 0 Å². The maximum absolute atomic E-state index is 5.50. The van der Waals surface area contributed by atoms with Crippen LogP contribution in [-0.2, 0) is 0 Å². The second-order valence-corrected chi connectivity index (χ2v) is 6.98. The number of hydrogen-bond acceptors (Lipinski definition) is 6. The molecule has 1 aliphatic carbocycles. The van der Waals surface area contributed by atoms with Crippen LogP contribution in [0.25, 0.3) is 0 Å². The normalized spacial score (nSPS) is 22.4. The highest BCUT2D eigenvalue weighted by molar-refractivity contribution is 5.13. The minimum absolute atomic E-state index is 0.195. The van der Waals surface area contributed by atoms with Crippen molar-refractivity contribution in [2.75, 3.05) is 26.2 Å². The standard InChI is InChI=1S/C18H25N5O/c1-13(16-4-3-7-19-12-16)22-8-10-23(11-9-22)14(2)18-20-17(21-24-18)15-5-6-15/h3-4,7,12-15H,5-6,8-11H2,1-2H3/t13-,14+/m0/s1. The predicted octanol–water partition coefficient (Wildman–Crippen LogP) is 2.78. The minimum Gasteiger partial charge on any atom is -0.338 e. The van der Waals surface area contributed by atoms with Crippen LogP contribution in [0.4, 0.5) is 0 Å². The van der Waals surface area contributed by atoms with Gasteiger partial charge in [0.05, 0.1) is 6.04 Å². The molecule has 0 unspecified atom stereocenters. The lowest BCUT2D eigenvalue weighted by Crippen LogP contribution is -2.47. The van der Waals surface area contributed by atoms with Crippen LogP contribution in [-0.4, -0.2) is 51.1 Å². The number of rotatable bonds is 5. The zero-order valence-corrected chi connectivity index (χ0v) is 14.4. The molecule has 6 nitrogen and oxygen atoms in total. The summed E-state index contributed by atoms with van der Waals surface area (Å²) in [5, 5.41) is 4.15. The van der Waals surface area contributed by atoms with Gasteiger partial charge in [-0.2, -0.15) is 4.98 Å². The maximum atomic E-state index is 5.50. The Hall–Kier alpha value is -1.79. The lowest BCUT2D eigenvalue weighted by molar-refractivity contribution is 0.0677. The number of aromatic nitrogens is 3. The van der Waals surface area contributed by atoms with Gasteiger partial charge in [0, 0.05) is 50.5 Å². The first-order valence-electron chi connectivity index (χ1n) is 8.94. The highest BCUT2D eigenvalue weighted by Crippen LogP contribution is 2.38. The van der Waals surface area contributed by atoms with Crippen molar-refractivity contribution in [2.45, 2.75) is 44.7 Å². The molecule has 0 aromatic carbocycles. The zero-order chi connectivity index (χ0) is 16.5. The topological polar surface area (TPSA) is 58.3 Å². The molecule has 2 fully saturated rings. The molecule has 0 radical (unpaired) electrons. The predicted molar refractivity (Wildman–Crippen MR) is 90.5 cm³/mol. The molecule has 1 saturated heterocycles. The Morgan fingerprint density at radius 3 is 2.42 bits per heavy atom. The molecule has 0 N–H and O–H groups in total. The van der Waals surface area contributed by atoms with E-state index in [1.807, 2.05) is 18.5 Å². The summed E-state index contributed by atoms with van der Waals surface area (Å²) < 4.78 is 5.50. The summed E-state index contributed by atoms with van der Waals surface area (Å²) in [7, 11) is 0. The molecule has 2 aromatic rings. The summed E-state index contributed by atoms with van der Waals surface area (Å²) in [6.45, 7) is 8.56. The highest BCUT2D eigenvalue weighted by atomic mass is 16.5. The Bertz CT molecular complexity index is 661. The van der Waals surface area contributed by atoms with E-state index in [-0.39, 0.29) is 6.04 Å². The van der Waals surface area contributed by atoms with Gasteiger partial charge in [0.15, 0.2) is 5.82 Å². The van der Waals surface area contributed by atoms with Gasteiger partial charge in [-0.15, -0.1) is 0 Å². The van der Waals surface area contributed by atoms with Gasteiger partial charge in [0.1, 0.15) is 0 Å². The quantitative estimate of drug-likeness (QED) is 0.841. The van der Waals surface area contributed by atoms with Crippen LogP contribution < -0.4 is 0 Å². The number of pyridine rings is 1. The molecule has 128 valence electrons. The summed E-state index contributed by atoms with van der Waals surface area (Å²) in [4.78, 5) is 13.8. The molecule has 0 spiro atoms. The van der Waals surface area contributed by atoms with Crippen molar-refractivity contribution in [1.82, 2.24) is 24.9 Å². The molecule has 24 heavy (non-hydrogen) atoms. The molecule has 3 heterocycles. The van der Waals surface area contributed by atoms with E-state index in [1.54, 1.807) is 0 Å². The van der Waals surface area contributed by atoms with Crippen LogP contribution in [0.3, 0.4) is 0 Å². The van der Waals surface area contributed by atoms with E-state index in [9.17, 15) is 0 Å². The van der Waals surface area contributed by atoms with Crippen molar-refractivity contribution >= 4 is 0 Å². The van der Waals surface area contributed by atoms with Crippen LogP contribution in [0.1, 0.15) is 62.0 Å². The fourth-order valence-electron chi connectivity index (χ4n) is 3.43. The number of nitrogens with zero attached hydrogens (tertiary/aromatic N) is 5. The third kappa shape index (κ3) is 3.21. The first-order valence-corrected chi connectivity index (χ1v) is 8.94. The van der Waals surface area contributed by atoms with E-state index in [0.717, 1.165) is 37.9 Å². The third-order valence-electron chi connectivity index (χ3n) is 5.37. The Morgan fingerprint density at radius 1 is 1.08 bits per heavy atom. The molecule has 0 amide bonds. The fourth-order valence-corrected chi connectivity index (χ4v) is 3.43. The Morgan fingerprint density at radius 2 is 1.79 bits per heavy atom. The number of piperazine rings is 1. The molecule has 2 aliphatic rings. The fraction of sp³-hybridized carbons (Fsp3) is 0.611. The SMILES string of the molecule is C[C@H](c1nc(C2CC2)no1)N1CCN([C@@H](C)c2cccnc2)CC1. The van der Waals surface area contributed by atoms with Crippen LogP contribution in [0, 0.1) is 0 Å². The molecule has 2 atom stereocenters. The summed E-state index contributed by atoms with van der Waals surface area (Å²) >= 11 is 0. The first-order chi connectivity index (χ1) is 11.7. The van der Waals surface area contributed by atoms with E-state index in [4.69, 9.17) is 4.52 Å². The van der Waals surface area contributed by atoms with Gasteiger partial charge in [-0.25, -0.2) is 0 Å². The summed E-state index contributed by atoms with van der Waals surface area (Å²) in [6.07, 6.45) is 6.21. The average molecular weight is 327 g/mol. The highest BCUT2D eigenvalue weighted by Gasteiger charge is 2.32. The summed E-state index contributed by atoms with van der Waals surface area (Å²) in [5.41, 5.74) is 1.28. The minimum atomic E-state index is 0.195. The van der Waals surface area contributed by atoms with Crippen molar-refractivity contribution < 1.29 is 4.52 Å². The smallest absolute Gasteiger partial charge is 0.243 e. The van der Waals surface area contributed by atoms with Crippen molar-refractivity contribution in [1.29, 1.82) is 0 Å². The van der Waals surface area contributed by atoms with Crippen LogP contribution in [0.2, 0.25) is 0 Å². The van der Waals surface area contributed by atoms with E-state index >= 15 is 0 Å². The van der Waals surface area contributed by atoms with Crippen molar-refractivity contribution in [3.63, 3.8) is 0 Å². The van der Waals surface area contributed by atoms with Crippen LogP contribution in [0.5, 0.6) is 0 Å². The molecule has 0 bridgehead atoms. The molecule has 1 aliphatic heterocycles. The summed E-state index contributed by atoms with van der Waals surface area (Å²) in [6, 6.07) is 4.77. The van der Waals surface area contributed by atoms with E-state index in [0.29, 0.717) is 12.0 Å². The molecule has 1 saturated carbocycles. The second-order valence-electron chi connectivity index (χ2n) is 6.98. The largest absolute Gasteiger partial charge is 0.338 e. The molecular weight excluding hydrogens is 302 g/mol. The Kier molecular flexibility index (Phi) is 4.33. The molecule has 4 rings (SSSR count). The Labute approximate surface area is 142 Å². The second kappa shape index (κ2) is 6.61. The van der Waals surface area contributed by atoms with E-state index in [2.05, 4.69) is 44.8 Å². The molecular formula is C18H25N5O. The van der Waals surface area contributed by atoms with Crippen LogP contribution in [0.15, 0.2) is 29.0 Å². The lowest BCUT2D eigenvalue weighted by atomic mass is 10.1. The van der Waals surface area contributed by atoms with E-state index in [1.165, 1.54) is 18.4 Å². The summed E-state index contributed by atoms with van der Waals surface area (Å²) in [5.74, 6) is 2.22. The Balaban J connectivity index is 1.35. The van der Waals surface area contributed by atoms with E-state index < -0.39 is 0 Å². The van der Waals surface area contributed by atoms with Gasteiger partial charge in [-0.05, 0) is 38.3 Å². The van der Waals surface area contributed by atoms with Gasteiger partial charge in [0.2, 0.25) is 5.89 Å². The third-order valence-corrected chi connectivity index (χ3v) is 5.37. The zero-order valence-electron chi connectivity index (χ0n) is 14.4. The van der Waals surface area contributed by atoms with Crippen molar-refractivity contribution in [3.05, 3.63) is 41.8 Å². The average Bonchev–Trinajstić information content (AvgIpc) is 3.38. The lowest BCUT2D eigenvalue weighted by Gasteiger charge is -2.39. The van der Waals surface area contributed by atoms with Gasteiger partial charge in [-0.3, -0.25) is 14.8 Å². The molecule has 6 heteroatoms. The van der Waals surface area contributed by atoms with Crippen molar-refractivity contribution in [3.8, 4) is 0 Å². The van der Waals surface area contributed by atoms with Gasteiger partial charge >= 0.3 is 0 Å². The first kappa shape index (κ1) is 15.7. The van der Waals surface area contributed by atoms with Crippen molar-refractivity contribution in [2.24, 2.45) is 0 Å². The van der Waals surface area contributed by atoms with Crippen LogP contribution >= 0.6 is 0 Å².